The fourth-order valence-corrected chi connectivity index (χ4v) is 4.89. The van der Waals surface area contributed by atoms with Gasteiger partial charge in [0.1, 0.15) is 41.6 Å². The number of likely N-dealkylation sites (tertiary alicyclic amines) is 1. The Morgan fingerprint density at radius 3 is 2.55 bits per heavy atom. The van der Waals surface area contributed by atoms with Gasteiger partial charge in [-0.25, -0.2) is 28.8 Å². The maximum Gasteiger partial charge on any atom is 0.410 e. The van der Waals surface area contributed by atoms with Crippen LogP contribution in [0.25, 0.3) is 11.2 Å². The lowest BCUT2D eigenvalue weighted by Gasteiger charge is -2.33. The van der Waals surface area contributed by atoms with Crippen LogP contribution in [0.5, 0.6) is 11.5 Å². The number of hydrogen-bond donors (Lipinski definition) is 1. The Kier molecular flexibility index (Phi) is 6.45. The molecule has 12 nitrogen and oxygen atoms in total. The quantitative estimate of drug-likeness (QED) is 0.323. The van der Waals surface area contributed by atoms with Gasteiger partial charge in [-0.1, -0.05) is 0 Å². The van der Waals surface area contributed by atoms with Gasteiger partial charge >= 0.3 is 6.09 Å². The maximum absolute atomic E-state index is 12.5. The molecule has 0 saturated carbocycles. The van der Waals surface area contributed by atoms with E-state index in [2.05, 4.69) is 25.5 Å². The van der Waals surface area contributed by atoms with Gasteiger partial charge in [0.2, 0.25) is 0 Å². The Morgan fingerprint density at radius 1 is 1.00 bits per heavy atom. The van der Waals surface area contributed by atoms with E-state index >= 15 is 0 Å². The van der Waals surface area contributed by atoms with Gasteiger partial charge in [-0.15, -0.1) is 0 Å². The summed E-state index contributed by atoms with van der Waals surface area (Å²) in [7, 11) is 0. The van der Waals surface area contributed by atoms with E-state index in [1.807, 2.05) is 64.2 Å². The monoisotopic (exact) mass is 541 g/mol. The molecule has 1 aromatic carbocycles. The summed E-state index contributed by atoms with van der Waals surface area (Å²) in [5, 5.41) is 11.9. The minimum atomic E-state index is -0.513. The number of benzene rings is 1. The van der Waals surface area contributed by atoms with Crippen molar-refractivity contribution in [3.8, 4) is 11.5 Å². The number of ether oxygens (including phenoxy) is 2. The average Bonchev–Trinajstić information content (AvgIpc) is 3.57. The van der Waals surface area contributed by atoms with Gasteiger partial charge in [-0.05, 0) is 70.4 Å². The Morgan fingerprint density at radius 2 is 1.77 bits per heavy atom. The Hall–Kier alpha value is -4.74. The molecule has 1 fully saturated rings. The third-order valence-corrected chi connectivity index (χ3v) is 6.82. The second-order valence-electron chi connectivity index (χ2n) is 10.9. The first-order valence-corrected chi connectivity index (χ1v) is 13.2. The van der Waals surface area contributed by atoms with E-state index < -0.39 is 5.60 Å². The number of imidazole rings is 1. The van der Waals surface area contributed by atoms with Gasteiger partial charge in [-0.3, -0.25) is 0 Å². The number of pyridine rings is 1. The highest BCUT2D eigenvalue weighted by atomic mass is 16.6. The normalized spacial score (nSPS) is 14.6. The predicted octanol–water partition coefficient (Wildman–Crippen LogP) is 5.13. The minimum absolute atomic E-state index is 0.176. The summed E-state index contributed by atoms with van der Waals surface area (Å²) in [6.07, 6.45) is 7.84. The fraction of sp³-hybridized carbons (Fsp3) is 0.357. The van der Waals surface area contributed by atoms with Crippen molar-refractivity contribution in [1.82, 2.24) is 39.1 Å². The zero-order chi connectivity index (χ0) is 27.9. The molecule has 0 radical (unpaired) electrons. The van der Waals surface area contributed by atoms with Crippen molar-refractivity contribution in [2.45, 2.75) is 52.1 Å². The molecule has 12 heteroatoms. The third kappa shape index (κ3) is 5.24. The number of nitrogens with zero attached hydrogens (tertiary/aromatic N) is 8. The summed E-state index contributed by atoms with van der Waals surface area (Å²) in [6.45, 7) is 8.86. The van der Waals surface area contributed by atoms with E-state index in [9.17, 15) is 4.79 Å². The van der Waals surface area contributed by atoms with Crippen LogP contribution in [-0.4, -0.2) is 63.9 Å². The summed E-state index contributed by atoms with van der Waals surface area (Å²) in [5.74, 6) is 2.27. The van der Waals surface area contributed by atoms with Crippen molar-refractivity contribution < 1.29 is 14.3 Å². The molecule has 0 atom stereocenters. The van der Waals surface area contributed by atoms with Crippen LogP contribution in [0.4, 0.5) is 16.3 Å². The Bertz CT molecular complexity index is 1680. The minimum Gasteiger partial charge on any atom is -0.457 e. The fourth-order valence-electron chi connectivity index (χ4n) is 4.89. The molecule has 0 unspecified atom stereocenters. The van der Waals surface area contributed by atoms with Crippen molar-refractivity contribution in [3.05, 3.63) is 66.8 Å². The molecule has 6 rings (SSSR count). The van der Waals surface area contributed by atoms with Crippen molar-refractivity contribution >= 4 is 28.8 Å². The summed E-state index contributed by atoms with van der Waals surface area (Å²) >= 11 is 0. The molecule has 206 valence electrons. The number of anilines is 2. The molecule has 0 bridgehead atoms. The van der Waals surface area contributed by atoms with Crippen molar-refractivity contribution in [1.29, 1.82) is 0 Å². The van der Waals surface area contributed by atoms with Crippen molar-refractivity contribution in [2.24, 2.45) is 0 Å². The van der Waals surface area contributed by atoms with Crippen molar-refractivity contribution in [3.63, 3.8) is 0 Å². The zero-order valence-electron chi connectivity index (χ0n) is 22.9. The van der Waals surface area contributed by atoms with Crippen LogP contribution in [0.2, 0.25) is 0 Å². The summed E-state index contributed by atoms with van der Waals surface area (Å²) < 4.78 is 15.1. The first-order valence-electron chi connectivity index (χ1n) is 13.2. The average molecular weight is 542 g/mol. The molecule has 40 heavy (non-hydrogen) atoms. The molecular weight excluding hydrogens is 510 g/mol. The number of carbonyl (C=O) groups is 1. The first-order chi connectivity index (χ1) is 19.2. The topological polar surface area (TPSA) is 124 Å². The largest absolute Gasteiger partial charge is 0.457 e. The van der Waals surface area contributed by atoms with E-state index in [4.69, 9.17) is 14.5 Å². The Balaban J connectivity index is 1.18. The zero-order valence-corrected chi connectivity index (χ0v) is 22.9. The second-order valence-corrected chi connectivity index (χ2v) is 10.9. The number of fused-ring (bicyclic) bond motifs is 2. The van der Waals surface area contributed by atoms with E-state index in [1.54, 1.807) is 20.3 Å². The van der Waals surface area contributed by atoms with Crippen LogP contribution in [0.1, 0.15) is 50.8 Å². The van der Waals surface area contributed by atoms with Crippen LogP contribution < -0.4 is 10.1 Å². The van der Waals surface area contributed by atoms with Gasteiger partial charge in [0.25, 0.3) is 0 Å². The lowest BCUT2D eigenvalue weighted by molar-refractivity contribution is 0.0204. The standard InChI is InChI=1S/C28H31N9O3/c1-18-13-20(5-6-22(18)39-21-9-12-36-23(14-21)29-15-32-36)34-26-25-24(31-17-37(25)33-16-30-26)19-7-10-35(11-8-19)27(38)40-28(2,3)4/h5-6,9,12-17,19H,7-8,10-11H2,1-4H3,(H,30,33,34). The molecule has 1 saturated heterocycles. The number of piperidine rings is 1. The van der Waals surface area contributed by atoms with E-state index in [0.717, 1.165) is 41.1 Å². The summed E-state index contributed by atoms with van der Waals surface area (Å²) in [4.78, 5) is 27.7. The summed E-state index contributed by atoms with van der Waals surface area (Å²) in [6, 6.07) is 9.58. The number of nitrogens with one attached hydrogen (secondary N) is 1. The first kappa shape index (κ1) is 25.5. The predicted molar refractivity (Wildman–Crippen MR) is 148 cm³/mol. The van der Waals surface area contributed by atoms with Gasteiger partial charge in [0.05, 0.1) is 5.69 Å². The number of carbonyl (C=O) groups excluding carboxylic acids is 1. The molecule has 0 spiro atoms. The maximum atomic E-state index is 12.5. The number of amides is 1. The van der Waals surface area contributed by atoms with E-state index in [-0.39, 0.29) is 12.0 Å². The van der Waals surface area contributed by atoms with Gasteiger partial charge in [-0.2, -0.15) is 10.2 Å². The van der Waals surface area contributed by atoms with E-state index in [1.165, 1.54) is 12.7 Å². The molecule has 4 aromatic heterocycles. The van der Waals surface area contributed by atoms with Crippen LogP contribution in [-0.2, 0) is 4.74 Å². The van der Waals surface area contributed by atoms with Crippen LogP contribution in [0, 0.1) is 6.92 Å². The highest BCUT2D eigenvalue weighted by Crippen LogP contribution is 2.34. The number of rotatable bonds is 5. The van der Waals surface area contributed by atoms with Crippen LogP contribution >= 0.6 is 0 Å². The van der Waals surface area contributed by atoms with E-state index in [0.29, 0.717) is 30.3 Å². The van der Waals surface area contributed by atoms with Gasteiger partial charge < -0.3 is 19.7 Å². The molecule has 1 aliphatic rings. The Labute approximate surface area is 231 Å². The SMILES string of the molecule is Cc1cc(Nc2ncnn3cnc(C4CCN(C(=O)OC(C)(C)C)CC4)c23)ccc1Oc1ccn2ncnc2c1. The summed E-state index contributed by atoms with van der Waals surface area (Å²) in [5.41, 5.74) is 3.78. The highest BCUT2D eigenvalue weighted by molar-refractivity contribution is 5.76. The third-order valence-electron chi connectivity index (χ3n) is 6.82. The lowest BCUT2D eigenvalue weighted by atomic mass is 9.93. The number of aryl methyl sites for hydroxylation is 1. The number of hydrogen-bond acceptors (Lipinski definition) is 9. The molecular formula is C28H31N9O3. The van der Waals surface area contributed by atoms with Crippen molar-refractivity contribution in [2.75, 3.05) is 18.4 Å². The van der Waals surface area contributed by atoms with Gasteiger partial charge in [0.15, 0.2) is 11.5 Å². The molecule has 5 heterocycles. The smallest absolute Gasteiger partial charge is 0.410 e. The molecule has 0 aliphatic carbocycles. The second kappa shape index (κ2) is 10.1. The molecule has 5 aromatic rings. The molecule has 1 amide bonds. The van der Waals surface area contributed by atoms with Crippen LogP contribution in [0.15, 0.2) is 55.5 Å². The van der Waals surface area contributed by atoms with Crippen LogP contribution in [0.3, 0.4) is 0 Å². The van der Waals surface area contributed by atoms with Gasteiger partial charge in [0, 0.05) is 37.0 Å². The molecule has 1 N–H and O–H groups in total. The molecule has 1 aliphatic heterocycles. The lowest BCUT2D eigenvalue weighted by Crippen LogP contribution is -2.41. The number of aromatic nitrogens is 7. The highest BCUT2D eigenvalue weighted by Gasteiger charge is 2.30.